The Morgan fingerprint density at radius 1 is 1.10 bits per heavy atom. The van der Waals surface area contributed by atoms with Gasteiger partial charge in [-0.1, -0.05) is 12.1 Å². The first-order valence-corrected chi connectivity index (χ1v) is 6.73. The Morgan fingerprint density at radius 2 is 1.85 bits per heavy atom. The van der Waals surface area contributed by atoms with Crippen LogP contribution in [0.25, 0.3) is 11.4 Å². The molecule has 0 bridgehead atoms. The summed E-state index contributed by atoms with van der Waals surface area (Å²) < 4.78 is 0. The number of aromatic hydroxyl groups is 1. The number of benzene rings is 1. The minimum atomic E-state index is 0.144. The third kappa shape index (κ3) is 2.70. The molecular weight excluding hydrogens is 254 g/mol. The predicted octanol–water partition coefficient (Wildman–Crippen LogP) is 1.42. The zero-order chi connectivity index (χ0) is 13.9. The molecule has 3 rings (SSSR count). The van der Waals surface area contributed by atoms with Crippen LogP contribution in [0.4, 0.5) is 5.95 Å². The summed E-state index contributed by atoms with van der Waals surface area (Å²) >= 11 is 0. The van der Waals surface area contributed by atoms with Gasteiger partial charge in [0, 0.05) is 0 Å². The maximum Gasteiger partial charge on any atom is 0.223 e. The third-order valence-corrected chi connectivity index (χ3v) is 3.41. The van der Waals surface area contributed by atoms with Gasteiger partial charge in [0.2, 0.25) is 5.95 Å². The summed E-state index contributed by atoms with van der Waals surface area (Å²) in [6.45, 7) is 2.81. The Hall–Kier alpha value is -2.21. The minimum Gasteiger partial charge on any atom is -0.507 e. The van der Waals surface area contributed by atoms with Gasteiger partial charge in [-0.3, -0.25) is 4.90 Å². The fraction of sp³-hybridized carbons (Fsp3) is 0.357. The van der Waals surface area contributed by atoms with Gasteiger partial charge in [0.25, 0.3) is 0 Å². The molecule has 0 unspecified atom stereocenters. The second kappa shape index (κ2) is 5.42. The third-order valence-electron chi connectivity index (χ3n) is 3.41. The lowest BCUT2D eigenvalue weighted by atomic mass is 10.2. The van der Waals surface area contributed by atoms with E-state index in [4.69, 9.17) is 5.73 Å². The van der Waals surface area contributed by atoms with E-state index in [-0.39, 0.29) is 11.7 Å². The Morgan fingerprint density at radius 3 is 2.60 bits per heavy atom. The van der Waals surface area contributed by atoms with Gasteiger partial charge in [-0.2, -0.15) is 9.97 Å². The van der Waals surface area contributed by atoms with Crippen molar-refractivity contribution < 1.29 is 5.11 Å². The fourth-order valence-electron chi connectivity index (χ4n) is 2.43. The highest BCUT2D eigenvalue weighted by Crippen LogP contribution is 2.26. The molecule has 20 heavy (non-hydrogen) atoms. The molecule has 1 aromatic carbocycles. The Kier molecular flexibility index (Phi) is 3.47. The second-order valence-electron chi connectivity index (χ2n) is 4.93. The van der Waals surface area contributed by atoms with Gasteiger partial charge in [-0.25, -0.2) is 4.98 Å². The van der Waals surface area contributed by atoms with Gasteiger partial charge < -0.3 is 10.8 Å². The molecule has 0 atom stereocenters. The van der Waals surface area contributed by atoms with E-state index in [1.165, 1.54) is 12.8 Å². The van der Waals surface area contributed by atoms with Crippen molar-refractivity contribution in [3.8, 4) is 17.1 Å². The fourth-order valence-corrected chi connectivity index (χ4v) is 2.43. The normalized spacial score (nSPS) is 15.6. The smallest absolute Gasteiger partial charge is 0.223 e. The van der Waals surface area contributed by atoms with E-state index in [2.05, 4.69) is 19.9 Å². The Bertz CT molecular complexity index is 610. The summed E-state index contributed by atoms with van der Waals surface area (Å²) in [5.41, 5.74) is 6.33. The van der Waals surface area contributed by atoms with E-state index in [0.29, 0.717) is 23.8 Å². The van der Waals surface area contributed by atoms with Crippen molar-refractivity contribution >= 4 is 5.95 Å². The van der Waals surface area contributed by atoms with Crippen LogP contribution >= 0.6 is 0 Å². The van der Waals surface area contributed by atoms with E-state index in [0.717, 1.165) is 13.1 Å². The van der Waals surface area contributed by atoms with Crippen LogP contribution in [0.15, 0.2) is 24.3 Å². The minimum absolute atomic E-state index is 0.144. The maximum absolute atomic E-state index is 9.88. The molecule has 3 N–H and O–H groups in total. The highest BCUT2D eigenvalue weighted by molar-refractivity contribution is 5.63. The van der Waals surface area contributed by atoms with Crippen molar-refractivity contribution in [2.45, 2.75) is 19.4 Å². The van der Waals surface area contributed by atoms with Crippen LogP contribution in [0, 0.1) is 0 Å². The SMILES string of the molecule is Nc1nc(CN2CCCC2)nc(-c2ccccc2O)n1. The molecule has 0 spiro atoms. The molecule has 0 amide bonds. The number of para-hydroxylation sites is 1. The molecule has 0 radical (unpaired) electrons. The first-order chi connectivity index (χ1) is 9.72. The summed E-state index contributed by atoms with van der Waals surface area (Å²) in [4.78, 5) is 15.0. The summed E-state index contributed by atoms with van der Waals surface area (Å²) in [7, 11) is 0. The molecular formula is C14H17N5O. The van der Waals surface area contributed by atoms with Gasteiger partial charge in [0.05, 0.1) is 12.1 Å². The van der Waals surface area contributed by atoms with Crippen molar-refractivity contribution in [2.24, 2.45) is 0 Å². The highest BCUT2D eigenvalue weighted by atomic mass is 16.3. The summed E-state index contributed by atoms with van der Waals surface area (Å²) in [5.74, 6) is 1.40. The van der Waals surface area contributed by atoms with E-state index in [1.54, 1.807) is 18.2 Å². The molecule has 1 saturated heterocycles. The predicted molar refractivity (Wildman–Crippen MR) is 75.9 cm³/mol. The highest BCUT2D eigenvalue weighted by Gasteiger charge is 2.15. The number of rotatable bonds is 3. The van der Waals surface area contributed by atoms with Gasteiger partial charge in [0.1, 0.15) is 11.6 Å². The van der Waals surface area contributed by atoms with Crippen LogP contribution < -0.4 is 5.73 Å². The molecule has 1 aromatic heterocycles. The van der Waals surface area contributed by atoms with E-state index >= 15 is 0 Å². The number of anilines is 1. The summed E-state index contributed by atoms with van der Waals surface area (Å²) in [6, 6.07) is 6.96. The second-order valence-corrected chi connectivity index (χ2v) is 4.93. The number of hydrogen-bond acceptors (Lipinski definition) is 6. The van der Waals surface area contributed by atoms with Crippen molar-refractivity contribution in [1.29, 1.82) is 0 Å². The van der Waals surface area contributed by atoms with Crippen molar-refractivity contribution in [1.82, 2.24) is 19.9 Å². The zero-order valence-electron chi connectivity index (χ0n) is 11.2. The number of nitrogens with two attached hydrogens (primary N) is 1. The molecule has 0 aliphatic carbocycles. The number of phenols is 1. The lowest BCUT2D eigenvalue weighted by molar-refractivity contribution is 0.322. The Balaban J connectivity index is 1.92. The average Bonchev–Trinajstić information content (AvgIpc) is 2.91. The first-order valence-electron chi connectivity index (χ1n) is 6.73. The topological polar surface area (TPSA) is 88.2 Å². The van der Waals surface area contributed by atoms with Crippen LogP contribution in [0.5, 0.6) is 5.75 Å². The molecule has 1 aliphatic heterocycles. The van der Waals surface area contributed by atoms with Crippen molar-refractivity contribution in [3.63, 3.8) is 0 Å². The molecule has 2 aromatic rings. The number of nitrogens with zero attached hydrogens (tertiary/aromatic N) is 4. The van der Waals surface area contributed by atoms with Crippen LogP contribution in [0.1, 0.15) is 18.7 Å². The van der Waals surface area contributed by atoms with Gasteiger partial charge in [0.15, 0.2) is 5.82 Å². The van der Waals surface area contributed by atoms with Crippen LogP contribution in [0.2, 0.25) is 0 Å². The van der Waals surface area contributed by atoms with Crippen LogP contribution in [0.3, 0.4) is 0 Å². The average molecular weight is 271 g/mol. The number of phenolic OH excluding ortho intramolecular Hbond substituents is 1. The lowest BCUT2D eigenvalue weighted by Gasteiger charge is -2.13. The lowest BCUT2D eigenvalue weighted by Crippen LogP contribution is -2.21. The molecule has 6 nitrogen and oxygen atoms in total. The molecule has 0 saturated carbocycles. The molecule has 1 aliphatic rings. The quantitative estimate of drug-likeness (QED) is 0.877. The van der Waals surface area contributed by atoms with Crippen LogP contribution in [-0.2, 0) is 6.54 Å². The molecule has 104 valence electrons. The first kappa shape index (κ1) is 12.8. The summed E-state index contributed by atoms with van der Waals surface area (Å²) in [6.07, 6.45) is 2.43. The Labute approximate surface area is 117 Å². The standard InChI is InChI=1S/C14H17N5O/c15-14-17-12(9-19-7-3-4-8-19)16-13(18-14)10-5-1-2-6-11(10)20/h1-2,5-6,20H,3-4,7-9H2,(H2,15,16,17,18). The number of likely N-dealkylation sites (tertiary alicyclic amines) is 1. The van der Waals surface area contributed by atoms with Gasteiger partial charge >= 0.3 is 0 Å². The van der Waals surface area contributed by atoms with Crippen molar-refractivity contribution in [3.05, 3.63) is 30.1 Å². The van der Waals surface area contributed by atoms with E-state index in [9.17, 15) is 5.11 Å². The van der Waals surface area contributed by atoms with E-state index in [1.807, 2.05) is 6.07 Å². The van der Waals surface area contributed by atoms with Crippen molar-refractivity contribution in [2.75, 3.05) is 18.8 Å². The number of hydrogen-bond donors (Lipinski definition) is 2. The number of nitrogen functional groups attached to an aromatic ring is 1. The maximum atomic E-state index is 9.88. The molecule has 1 fully saturated rings. The van der Waals surface area contributed by atoms with Gasteiger partial charge in [-0.05, 0) is 38.1 Å². The largest absolute Gasteiger partial charge is 0.507 e. The zero-order valence-corrected chi connectivity index (χ0v) is 11.2. The monoisotopic (exact) mass is 271 g/mol. The van der Waals surface area contributed by atoms with Gasteiger partial charge in [-0.15, -0.1) is 0 Å². The van der Waals surface area contributed by atoms with Crippen LogP contribution in [-0.4, -0.2) is 38.0 Å². The number of aromatic nitrogens is 3. The molecule has 6 heteroatoms. The van der Waals surface area contributed by atoms with E-state index < -0.39 is 0 Å². The summed E-state index contributed by atoms with van der Waals surface area (Å²) in [5, 5.41) is 9.88. The molecule has 2 heterocycles.